The molecule has 1 N–H and O–H groups in total. The fourth-order valence-electron chi connectivity index (χ4n) is 5.59. The van der Waals surface area contributed by atoms with Gasteiger partial charge in [0.05, 0.1) is 24.8 Å². The first-order chi connectivity index (χ1) is 21.6. The Hall–Kier alpha value is -4.12. The standard InChI is InChI=1S/C34H42FN3O6S/c1-5-30(34(40)36-27-9-7-6-8-10-27)37(22-25-13-15-26(35)16-14-25)33(39)23-38(28-17-11-24(2)12-18-28)45(41,42)29-19-20-31(43-3)32(21-29)44-4/h11-21,27,30H,5-10,22-23H2,1-4H3,(H,36,40). The van der Waals surface area contributed by atoms with Crippen molar-refractivity contribution < 1.29 is 31.9 Å². The highest BCUT2D eigenvalue weighted by atomic mass is 32.2. The summed E-state index contributed by atoms with van der Waals surface area (Å²) < 4.78 is 53.8. The van der Waals surface area contributed by atoms with Crippen LogP contribution in [-0.4, -0.2) is 58.0 Å². The van der Waals surface area contributed by atoms with Crippen LogP contribution in [0.25, 0.3) is 0 Å². The van der Waals surface area contributed by atoms with E-state index in [1.807, 2.05) is 13.8 Å². The molecule has 0 spiro atoms. The zero-order valence-electron chi connectivity index (χ0n) is 26.3. The maximum atomic E-state index is 14.3. The zero-order chi connectivity index (χ0) is 32.6. The van der Waals surface area contributed by atoms with Gasteiger partial charge in [0.15, 0.2) is 11.5 Å². The Labute approximate surface area is 265 Å². The minimum Gasteiger partial charge on any atom is -0.493 e. The third kappa shape index (κ3) is 8.33. The van der Waals surface area contributed by atoms with E-state index >= 15 is 0 Å². The van der Waals surface area contributed by atoms with Gasteiger partial charge < -0.3 is 19.7 Å². The molecule has 11 heteroatoms. The lowest BCUT2D eigenvalue weighted by Crippen LogP contribution is -2.54. The molecule has 0 radical (unpaired) electrons. The first-order valence-electron chi connectivity index (χ1n) is 15.2. The maximum absolute atomic E-state index is 14.3. The van der Waals surface area contributed by atoms with E-state index in [1.54, 1.807) is 36.4 Å². The number of methoxy groups -OCH3 is 2. The van der Waals surface area contributed by atoms with Gasteiger partial charge in [-0.1, -0.05) is 56.0 Å². The second-order valence-electron chi connectivity index (χ2n) is 11.3. The number of ether oxygens (including phenoxy) is 2. The molecule has 1 fully saturated rings. The molecule has 1 saturated carbocycles. The number of benzene rings is 3. The van der Waals surface area contributed by atoms with Crippen LogP contribution in [0.4, 0.5) is 10.1 Å². The van der Waals surface area contributed by atoms with Gasteiger partial charge in [-0.05, 0) is 68.1 Å². The van der Waals surface area contributed by atoms with Gasteiger partial charge in [0, 0.05) is 18.7 Å². The van der Waals surface area contributed by atoms with E-state index in [-0.39, 0.29) is 34.8 Å². The lowest BCUT2D eigenvalue weighted by Gasteiger charge is -2.34. The number of hydrogen-bond donors (Lipinski definition) is 1. The predicted octanol–water partition coefficient (Wildman–Crippen LogP) is 5.60. The zero-order valence-corrected chi connectivity index (χ0v) is 27.1. The molecule has 0 bridgehead atoms. The second-order valence-corrected chi connectivity index (χ2v) is 13.1. The number of hydrogen-bond acceptors (Lipinski definition) is 6. The van der Waals surface area contributed by atoms with E-state index in [9.17, 15) is 22.4 Å². The first-order valence-corrected chi connectivity index (χ1v) is 16.7. The van der Waals surface area contributed by atoms with Crippen molar-refractivity contribution in [3.8, 4) is 11.5 Å². The Morgan fingerprint density at radius 1 is 0.933 bits per heavy atom. The van der Waals surface area contributed by atoms with Gasteiger partial charge in [-0.3, -0.25) is 13.9 Å². The normalized spacial score (nSPS) is 14.3. The molecule has 45 heavy (non-hydrogen) atoms. The molecule has 4 rings (SSSR count). The van der Waals surface area contributed by atoms with Gasteiger partial charge in [0.2, 0.25) is 11.8 Å². The number of halogens is 1. The minimum absolute atomic E-state index is 0.00610. The molecule has 242 valence electrons. The average Bonchev–Trinajstić information content (AvgIpc) is 3.04. The lowest BCUT2D eigenvalue weighted by molar-refractivity contribution is -0.140. The van der Waals surface area contributed by atoms with Crippen molar-refractivity contribution in [2.24, 2.45) is 0 Å². The monoisotopic (exact) mass is 639 g/mol. The van der Waals surface area contributed by atoms with Crippen LogP contribution in [0, 0.1) is 12.7 Å². The summed E-state index contributed by atoms with van der Waals surface area (Å²) in [7, 11) is -1.45. The molecule has 3 aromatic carbocycles. The van der Waals surface area contributed by atoms with Crippen LogP contribution in [0.1, 0.15) is 56.6 Å². The third-order valence-corrected chi connectivity index (χ3v) is 9.92. The van der Waals surface area contributed by atoms with E-state index in [0.717, 1.165) is 42.0 Å². The Balaban J connectivity index is 1.73. The molecule has 1 unspecified atom stereocenters. The van der Waals surface area contributed by atoms with Crippen LogP contribution in [0.5, 0.6) is 11.5 Å². The summed E-state index contributed by atoms with van der Waals surface area (Å²) in [6.45, 7) is 3.11. The van der Waals surface area contributed by atoms with Gasteiger partial charge in [-0.15, -0.1) is 0 Å². The van der Waals surface area contributed by atoms with Crippen LogP contribution >= 0.6 is 0 Å². The summed E-state index contributed by atoms with van der Waals surface area (Å²) in [6.07, 6.45) is 5.23. The molecule has 9 nitrogen and oxygen atoms in total. The molecular weight excluding hydrogens is 597 g/mol. The second kappa shape index (κ2) is 15.2. The van der Waals surface area contributed by atoms with Crippen molar-refractivity contribution in [3.05, 3.63) is 83.7 Å². The highest BCUT2D eigenvalue weighted by Crippen LogP contribution is 2.32. The average molecular weight is 640 g/mol. The van der Waals surface area contributed by atoms with E-state index < -0.39 is 34.3 Å². The highest BCUT2D eigenvalue weighted by Gasteiger charge is 2.35. The van der Waals surface area contributed by atoms with Gasteiger partial charge in [0.1, 0.15) is 18.4 Å². The lowest BCUT2D eigenvalue weighted by atomic mass is 9.95. The smallest absolute Gasteiger partial charge is 0.264 e. The number of nitrogens with zero attached hydrogens (tertiary/aromatic N) is 2. The topological polar surface area (TPSA) is 105 Å². The van der Waals surface area contributed by atoms with Crippen molar-refractivity contribution in [3.63, 3.8) is 0 Å². The maximum Gasteiger partial charge on any atom is 0.264 e. The van der Waals surface area contributed by atoms with E-state index in [1.165, 1.54) is 49.5 Å². The fourth-order valence-corrected chi connectivity index (χ4v) is 7.02. The van der Waals surface area contributed by atoms with Crippen molar-refractivity contribution in [1.29, 1.82) is 0 Å². The van der Waals surface area contributed by atoms with Crippen LogP contribution in [0.2, 0.25) is 0 Å². The van der Waals surface area contributed by atoms with E-state index in [4.69, 9.17) is 9.47 Å². The number of rotatable bonds is 13. The first kappa shape index (κ1) is 33.8. The Morgan fingerprint density at radius 3 is 2.18 bits per heavy atom. The summed E-state index contributed by atoms with van der Waals surface area (Å²) in [4.78, 5) is 29.2. The molecule has 1 aliphatic rings. The Morgan fingerprint density at radius 2 is 1.58 bits per heavy atom. The quantitative estimate of drug-likeness (QED) is 0.261. The van der Waals surface area contributed by atoms with Crippen LogP contribution < -0.4 is 19.1 Å². The van der Waals surface area contributed by atoms with Crippen molar-refractivity contribution in [1.82, 2.24) is 10.2 Å². The molecule has 0 heterocycles. The third-order valence-electron chi connectivity index (χ3n) is 8.15. The van der Waals surface area contributed by atoms with Crippen molar-refractivity contribution >= 4 is 27.5 Å². The number of anilines is 1. The number of aryl methyl sites for hydroxylation is 1. The predicted molar refractivity (Wildman–Crippen MR) is 171 cm³/mol. The Bertz CT molecular complexity index is 1560. The number of carbonyl (C=O) groups is 2. The molecular formula is C34H42FN3O6S. The summed E-state index contributed by atoms with van der Waals surface area (Å²) in [5.74, 6) is -0.712. The molecule has 1 atom stereocenters. The van der Waals surface area contributed by atoms with Gasteiger partial charge in [-0.2, -0.15) is 0 Å². The molecule has 0 aromatic heterocycles. The molecule has 0 saturated heterocycles. The van der Waals surface area contributed by atoms with Crippen molar-refractivity contribution in [2.75, 3.05) is 25.1 Å². The molecule has 3 aromatic rings. The van der Waals surface area contributed by atoms with E-state index in [0.29, 0.717) is 17.7 Å². The summed E-state index contributed by atoms with van der Waals surface area (Å²) in [5.41, 5.74) is 1.81. The summed E-state index contributed by atoms with van der Waals surface area (Å²) in [5, 5.41) is 3.12. The van der Waals surface area contributed by atoms with Gasteiger partial charge >= 0.3 is 0 Å². The number of amides is 2. The SMILES string of the molecule is CCC(C(=O)NC1CCCCC1)N(Cc1ccc(F)cc1)C(=O)CN(c1ccc(C)cc1)S(=O)(=O)c1ccc(OC)c(OC)c1. The van der Waals surface area contributed by atoms with Crippen molar-refractivity contribution in [2.45, 2.75) is 75.9 Å². The van der Waals surface area contributed by atoms with Crippen LogP contribution in [0.3, 0.4) is 0 Å². The summed E-state index contributed by atoms with van der Waals surface area (Å²) in [6, 6.07) is 15.9. The van der Waals surface area contributed by atoms with E-state index in [2.05, 4.69) is 5.32 Å². The van der Waals surface area contributed by atoms with Gasteiger partial charge in [0.25, 0.3) is 10.0 Å². The van der Waals surface area contributed by atoms with Crippen LogP contribution in [-0.2, 0) is 26.2 Å². The number of carbonyl (C=O) groups excluding carboxylic acids is 2. The minimum atomic E-state index is -4.31. The highest BCUT2D eigenvalue weighted by molar-refractivity contribution is 7.92. The van der Waals surface area contributed by atoms with Crippen LogP contribution in [0.15, 0.2) is 71.6 Å². The number of nitrogens with one attached hydrogen (secondary N) is 1. The molecule has 2 amide bonds. The largest absolute Gasteiger partial charge is 0.493 e. The van der Waals surface area contributed by atoms with Gasteiger partial charge in [-0.25, -0.2) is 12.8 Å². The fraction of sp³-hybridized carbons (Fsp3) is 0.412. The number of sulfonamides is 1. The Kier molecular flexibility index (Phi) is 11.4. The molecule has 1 aliphatic carbocycles. The summed E-state index contributed by atoms with van der Waals surface area (Å²) >= 11 is 0. The molecule has 0 aliphatic heterocycles.